The maximum atomic E-state index is 12.8. The summed E-state index contributed by atoms with van der Waals surface area (Å²) in [6.45, 7) is 5.76. The zero-order valence-corrected chi connectivity index (χ0v) is 20.1. The Morgan fingerprint density at radius 1 is 0.882 bits per heavy atom. The van der Waals surface area contributed by atoms with E-state index in [1.54, 1.807) is 19.1 Å². The van der Waals surface area contributed by atoms with Gasteiger partial charge in [0.15, 0.2) is 0 Å². The molecule has 6 nitrogen and oxygen atoms in total. The topological polar surface area (TPSA) is 52.9 Å². The Labute approximate surface area is 200 Å². The lowest BCUT2D eigenvalue weighted by atomic mass is 10.0. The SMILES string of the molecule is CCN(CC)C(=O)Oc1ccc2c(ccn2Cc2cccc(OC)c2)c1-c1ccc(OC)cc1. The number of methoxy groups -OCH3 is 2. The van der Waals surface area contributed by atoms with Gasteiger partial charge in [-0.2, -0.15) is 0 Å². The van der Waals surface area contributed by atoms with Crippen molar-refractivity contribution in [2.75, 3.05) is 27.3 Å². The largest absolute Gasteiger partial charge is 0.497 e. The molecule has 4 rings (SSSR count). The highest BCUT2D eigenvalue weighted by atomic mass is 16.6. The second kappa shape index (κ2) is 10.3. The first kappa shape index (κ1) is 23.2. The first-order valence-corrected chi connectivity index (χ1v) is 11.4. The van der Waals surface area contributed by atoms with Crippen LogP contribution in [-0.2, 0) is 6.54 Å². The highest BCUT2D eigenvalue weighted by Crippen LogP contribution is 2.39. The summed E-state index contributed by atoms with van der Waals surface area (Å²) >= 11 is 0. The Hall–Kier alpha value is -3.93. The fraction of sp³-hybridized carbons (Fsp3) is 0.250. The van der Waals surface area contributed by atoms with Gasteiger partial charge in [-0.05, 0) is 67.4 Å². The van der Waals surface area contributed by atoms with Crippen molar-refractivity contribution < 1.29 is 19.0 Å². The molecule has 0 fully saturated rings. The van der Waals surface area contributed by atoms with E-state index in [0.29, 0.717) is 25.4 Å². The molecule has 34 heavy (non-hydrogen) atoms. The van der Waals surface area contributed by atoms with Crippen LogP contribution in [0.3, 0.4) is 0 Å². The Kier molecular flexibility index (Phi) is 7.07. The number of hydrogen-bond donors (Lipinski definition) is 0. The van der Waals surface area contributed by atoms with Crippen LogP contribution >= 0.6 is 0 Å². The molecule has 6 heteroatoms. The van der Waals surface area contributed by atoms with Crippen molar-refractivity contribution >= 4 is 17.0 Å². The van der Waals surface area contributed by atoms with E-state index in [2.05, 4.69) is 22.9 Å². The zero-order valence-electron chi connectivity index (χ0n) is 20.1. The van der Waals surface area contributed by atoms with E-state index >= 15 is 0 Å². The van der Waals surface area contributed by atoms with Crippen LogP contribution in [0.25, 0.3) is 22.0 Å². The van der Waals surface area contributed by atoms with Crippen LogP contribution in [0.2, 0.25) is 0 Å². The molecule has 0 aliphatic heterocycles. The number of ether oxygens (including phenoxy) is 3. The number of amides is 1. The van der Waals surface area contributed by atoms with Gasteiger partial charge in [0.25, 0.3) is 0 Å². The van der Waals surface area contributed by atoms with Crippen molar-refractivity contribution in [2.45, 2.75) is 20.4 Å². The molecule has 0 spiro atoms. The fourth-order valence-corrected chi connectivity index (χ4v) is 4.14. The smallest absolute Gasteiger partial charge is 0.415 e. The average molecular weight is 459 g/mol. The highest BCUT2D eigenvalue weighted by Gasteiger charge is 2.19. The molecular weight excluding hydrogens is 428 g/mol. The lowest BCUT2D eigenvalue weighted by molar-refractivity contribution is 0.157. The lowest BCUT2D eigenvalue weighted by Gasteiger charge is -2.20. The van der Waals surface area contributed by atoms with Crippen LogP contribution in [0.4, 0.5) is 4.79 Å². The Morgan fingerprint density at radius 3 is 2.29 bits per heavy atom. The summed E-state index contributed by atoms with van der Waals surface area (Å²) in [5, 5.41) is 1.01. The Morgan fingerprint density at radius 2 is 1.62 bits per heavy atom. The van der Waals surface area contributed by atoms with Gasteiger partial charge >= 0.3 is 6.09 Å². The fourth-order valence-electron chi connectivity index (χ4n) is 4.14. The van der Waals surface area contributed by atoms with Crippen molar-refractivity contribution in [1.82, 2.24) is 9.47 Å². The number of rotatable bonds is 8. The normalized spacial score (nSPS) is 10.8. The van der Waals surface area contributed by atoms with Gasteiger partial charge in [-0.1, -0.05) is 24.3 Å². The second-order valence-corrected chi connectivity index (χ2v) is 7.94. The van der Waals surface area contributed by atoms with E-state index in [9.17, 15) is 4.79 Å². The standard InChI is InChI=1S/C28H30N2O4/c1-5-29(6-2)28(31)34-26-15-14-25-24(27(26)21-10-12-22(32-3)13-11-21)16-17-30(25)19-20-8-7-9-23(18-20)33-4/h7-18H,5-6,19H2,1-4H3. The summed E-state index contributed by atoms with van der Waals surface area (Å²) < 4.78 is 18.8. The van der Waals surface area contributed by atoms with E-state index in [1.807, 2.05) is 68.4 Å². The average Bonchev–Trinajstić information content (AvgIpc) is 3.27. The first-order chi connectivity index (χ1) is 16.6. The van der Waals surface area contributed by atoms with E-state index in [1.165, 1.54) is 0 Å². The lowest BCUT2D eigenvalue weighted by Crippen LogP contribution is -2.33. The van der Waals surface area contributed by atoms with Gasteiger partial charge in [-0.3, -0.25) is 0 Å². The van der Waals surface area contributed by atoms with Gasteiger partial charge in [0.2, 0.25) is 0 Å². The third-order valence-electron chi connectivity index (χ3n) is 6.00. The molecular formula is C28H30N2O4. The van der Waals surface area contributed by atoms with Gasteiger partial charge in [-0.25, -0.2) is 4.79 Å². The van der Waals surface area contributed by atoms with Crippen LogP contribution < -0.4 is 14.2 Å². The minimum absolute atomic E-state index is 0.352. The number of benzene rings is 3. The molecule has 0 saturated carbocycles. The van der Waals surface area contributed by atoms with E-state index in [0.717, 1.165) is 39.1 Å². The number of aromatic nitrogens is 1. The maximum absolute atomic E-state index is 12.8. The summed E-state index contributed by atoms with van der Waals surface area (Å²) in [4.78, 5) is 14.4. The highest BCUT2D eigenvalue weighted by molar-refractivity contribution is 5.99. The van der Waals surface area contributed by atoms with Crippen LogP contribution in [0.1, 0.15) is 19.4 Å². The van der Waals surface area contributed by atoms with Crippen molar-refractivity contribution in [2.24, 2.45) is 0 Å². The number of hydrogen-bond acceptors (Lipinski definition) is 4. The zero-order chi connectivity index (χ0) is 24.1. The quantitative estimate of drug-likeness (QED) is 0.315. The molecule has 0 bridgehead atoms. The summed E-state index contributed by atoms with van der Waals surface area (Å²) in [5.74, 6) is 2.14. The molecule has 0 saturated heterocycles. The molecule has 0 unspecified atom stereocenters. The van der Waals surface area contributed by atoms with Gasteiger partial charge in [-0.15, -0.1) is 0 Å². The molecule has 1 aromatic heterocycles. The molecule has 0 N–H and O–H groups in total. The molecule has 0 atom stereocenters. The van der Waals surface area contributed by atoms with Gasteiger partial charge in [0, 0.05) is 42.3 Å². The Bertz CT molecular complexity index is 1270. The van der Waals surface area contributed by atoms with Crippen LogP contribution in [0, 0.1) is 0 Å². The van der Waals surface area contributed by atoms with Crippen molar-refractivity contribution in [3.8, 4) is 28.4 Å². The van der Waals surface area contributed by atoms with E-state index in [-0.39, 0.29) is 6.09 Å². The molecule has 0 aliphatic rings. The number of fused-ring (bicyclic) bond motifs is 1. The minimum Gasteiger partial charge on any atom is -0.497 e. The van der Waals surface area contributed by atoms with Gasteiger partial charge in [0.1, 0.15) is 17.2 Å². The van der Waals surface area contributed by atoms with Crippen molar-refractivity contribution in [1.29, 1.82) is 0 Å². The third-order valence-corrected chi connectivity index (χ3v) is 6.00. The van der Waals surface area contributed by atoms with Gasteiger partial charge < -0.3 is 23.7 Å². The molecule has 3 aromatic carbocycles. The summed E-state index contributed by atoms with van der Waals surface area (Å²) in [6, 6.07) is 21.8. The van der Waals surface area contributed by atoms with Crippen LogP contribution in [0.15, 0.2) is 72.9 Å². The number of carbonyl (C=O) groups is 1. The van der Waals surface area contributed by atoms with Crippen LogP contribution in [-0.4, -0.2) is 42.9 Å². The number of nitrogens with zero attached hydrogens (tertiary/aromatic N) is 2. The molecule has 176 valence electrons. The predicted octanol–water partition coefficient (Wildman–Crippen LogP) is 6.21. The monoisotopic (exact) mass is 458 g/mol. The molecule has 4 aromatic rings. The summed E-state index contributed by atoms with van der Waals surface area (Å²) in [7, 11) is 3.32. The molecule has 1 heterocycles. The first-order valence-electron chi connectivity index (χ1n) is 11.4. The third kappa shape index (κ3) is 4.71. The summed E-state index contributed by atoms with van der Waals surface area (Å²) in [5.41, 5.74) is 4.02. The minimum atomic E-state index is -0.352. The van der Waals surface area contributed by atoms with Crippen LogP contribution in [0.5, 0.6) is 17.2 Å². The Balaban J connectivity index is 1.79. The second-order valence-electron chi connectivity index (χ2n) is 7.94. The summed E-state index contributed by atoms with van der Waals surface area (Å²) in [6.07, 6.45) is 1.71. The van der Waals surface area contributed by atoms with Crippen molar-refractivity contribution in [3.63, 3.8) is 0 Å². The van der Waals surface area contributed by atoms with Gasteiger partial charge in [0.05, 0.1) is 14.2 Å². The predicted molar refractivity (Wildman–Crippen MR) is 135 cm³/mol. The van der Waals surface area contributed by atoms with E-state index in [4.69, 9.17) is 14.2 Å². The van der Waals surface area contributed by atoms with Crippen molar-refractivity contribution in [3.05, 3.63) is 78.5 Å². The maximum Gasteiger partial charge on any atom is 0.415 e. The number of carbonyl (C=O) groups excluding carboxylic acids is 1. The molecule has 0 radical (unpaired) electrons. The molecule has 1 amide bonds. The molecule has 0 aliphatic carbocycles. The van der Waals surface area contributed by atoms with E-state index < -0.39 is 0 Å².